The topological polar surface area (TPSA) is 96.6 Å². The molecule has 2 aromatic rings. The molecular weight excluding hydrogens is 544 g/mol. The van der Waals surface area contributed by atoms with Gasteiger partial charge in [-0.1, -0.05) is 25.4 Å². The smallest absolute Gasteiger partial charge is 0.335 e. The quantitative estimate of drug-likeness (QED) is 0.227. The molecule has 0 saturated carbocycles. The molecule has 204 valence electrons. The number of carbonyl (C=O) groups excluding carboxylic acids is 2. The van der Waals surface area contributed by atoms with Gasteiger partial charge in [-0.25, -0.2) is 26.9 Å². The Morgan fingerprint density at radius 3 is 2.32 bits per heavy atom. The van der Waals surface area contributed by atoms with Gasteiger partial charge in [0.1, 0.15) is 17.7 Å². The number of nitrogens with zero attached hydrogens (tertiary/aromatic N) is 2. The summed E-state index contributed by atoms with van der Waals surface area (Å²) in [6.45, 7) is 5.00. The molecule has 0 bridgehead atoms. The number of thioether (sulfide) groups is 1. The first kappa shape index (κ1) is 30.4. The van der Waals surface area contributed by atoms with Crippen molar-refractivity contribution in [1.29, 1.82) is 0 Å². The van der Waals surface area contributed by atoms with Gasteiger partial charge >= 0.3 is 17.6 Å². The fourth-order valence-electron chi connectivity index (χ4n) is 3.18. The average molecular weight is 569 g/mol. The van der Waals surface area contributed by atoms with Crippen LogP contribution in [0, 0.1) is 11.7 Å². The van der Waals surface area contributed by atoms with Crippen molar-refractivity contribution in [3.05, 3.63) is 55.6 Å². The molecular formula is C23H25ClF4N2O6S. The molecule has 14 heteroatoms. The van der Waals surface area contributed by atoms with Crippen LogP contribution in [0.2, 0.25) is 5.02 Å². The van der Waals surface area contributed by atoms with Gasteiger partial charge in [-0.05, 0) is 25.0 Å². The third-order valence-corrected chi connectivity index (χ3v) is 7.06. The van der Waals surface area contributed by atoms with Gasteiger partial charge in [-0.15, -0.1) is 11.8 Å². The number of alkyl halides is 3. The van der Waals surface area contributed by atoms with Crippen LogP contribution >= 0.6 is 23.4 Å². The van der Waals surface area contributed by atoms with Crippen LogP contribution in [0.1, 0.15) is 39.1 Å². The predicted molar refractivity (Wildman–Crippen MR) is 129 cm³/mol. The van der Waals surface area contributed by atoms with Crippen molar-refractivity contribution in [3.8, 4) is 5.69 Å². The largest absolute Gasteiger partial charge is 0.466 e. The fourth-order valence-corrected chi connectivity index (χ4v) is 4.53. The van der Waals surface area contributed by atoms with Crippen LogP contribution in [0.3, 0.4) is 0 Å². The minimum Gasteiger partial charge on any atom is -0.466 e. The first-order valence-electron chi connectivity index (χ1n) is 11.0. The predicted octanol–water partition coefficient (Wildman–Crippen LogP) is 4.22. The number of esters is 2. The Morgan fingerprint density at radius 2 is 1.76 bits per heavy atom. The van der Waals surface area contributed by atoms with E-state index in [9.17, 15) is 36.7 Å². The zero-order valence-electron chi connectivity index (χ0n) is 20.3. The summed E-state index contributed by atoms with van der Waals surface area (Å²) in [5, 5.41) is -1.02. The Morgan fingerprint density at radius 1 is 1.11 bits per heavy atom. The van der Waals surface area contributed by atoms with E-state index in [0.717, 1.165) is 30.9 Å². The molecule has 0 aliphatic heterocycles. The van der Waals surface area contributed by atoms with Crippen molar-refractivity contribution in [2.45, 2.75) is 49.9 Å². The number of hydrogen-bond donors (Lipinski definition) is 0. The zero-order valence-corrected chi connectivity index (χ0v) is 21.9. The van der Waals surface area contributed by atoms with Gasteiger partial charge < -0.3 is 9.47 Å². The molecule has 0 fully saturated rings. The summed E-state index contributed by atoms with van der Waals surface area (Å²) in [6, 6.07) is 2.35. The van der Waals surface area contributed by atoms with E-state index in [1.807, 2.05) is 0 Å². The molecule has 0 spiro atoms. The summed E-state index contributed by atoms with van der Waals surface area (Å²) in [7, 11) is 0.965. The number of rotatable bonds is 11. The molecule has 2 unspecified atom stereocenters. The van der Waals surface area contributed by atoms with Crippen LogP contribution in [0.5, 0.6) is 0 Å². The maximum Gasteiger partial charge on any atom is 0.335 e. The second kappa shape index (κ2) is 13.1. The number of carbonyl (C=O) groups is 2. The summed E-state index contributed by atoms with van der Waals surface area (Å²) in [5.41, 5.74) is -3.94. The van der Waals surface area contributed by atoms with Crippen LogP contribution in [-0.2, 0) is 26.1 Å². The molecule has 1 aromatic heterocycles. The molecule has 0 saturated heterocycles. The third-order valence-electron chi connectivity index (χ3n) is 5.05. The normalized spacial score (nSPS) is 13.1. The first-order chi connectivity index (χ1) is 17.3. The minimum absolute atomic E-state index is 0.105. The Kier molecular flexibility index (Phi) is 10.8. The van der Waals surface area contributed by atoms with Crippen LogP contribution in [0.15, 0.2) is 32.7 Å². The number of halogens is 5. The van der Waals surface area contributed by atoms with Gasteiger partial charge in [0.05, 0.1) is 29.4 Å². The van der Waals surface area contributed by atoms with Crippen molar-refractivity contribution in [2.75, 3.05) is 13.2 Å². The summed E-state index contributed by atoms with van der Waals surface area (Å²) < 4.78 is 65.1. The van der Waals surface area contributed by atoms with Gasteiger partial charge in [0.25, 0.3) is 12.0 Å². The molecule has 0 radical (unpaired) electrons. The van der Waals surface area contributed by atoms with E-state index in [0.29, 0.717) is 15.2 Å². The minimum atomic E-state index is -3.49. The lowest BCUT2D eigenvalue weighted by molar-refractivity contribution is -0.149. The molecule has 2 rings (SSSR count). The van der Waals surface area contributed by atoms with E-state index in [4.69, 9.17) is 21.1 Å². The number of hydrogen-bond acceptors (Lipinski definition) is 7. The SMILES string of the molecule is CCOC(=O)CCOC(=O)C(Sc1cc(-n2c(=O)cc(C(F)C(F)F)n(C)c2=O)c(F)cc1Cl)C(C)C. The van der Waals surface area contributed by atoms with E-state index < -0.39 is 58.2 Å². The Balaban J connectivity index is 2.43. The summed E-state index contributed by atoms with van der Waals surface area (Å²) >= 11 is 7.03. The van der Waals surface area contributed by atoms with Crippen molar-refractivity contribution in [1.82, 2.24) is 9.13 Å². The second-order valence-corrected chi connectivity index (χ2v) is 9.65. The first-order valence-corrected chi connectivity index (χ1v) is 12.3. The van der Waals surface area contributed by atoms with Crippen molar-refractivity contribution in [2.24, 2.45) is 13.0 Å². The highest BCUT2D eigenvalue weighted by Crippen LogP contribution is 2.36. The highest BCUT2D eigenvalue weighted by Gasteiger charge is 2.29. The lowest BCUT2D eigenvalue weighted by atomic mass is 10.1. The highest BCUT2D eigenvalue weighted by atomic mass is 35.5. The van der Waals surface area contributed by atoms with E-state index in [-0.39, 0.29) is 35.5 Å². The van der Waals surface area contributed by atoms with Crippen molar-refractivity contribution in [3.63, 3.8) is 0 Å². The van der Waals surface area contributed by atoms with Gasteiger partial charge in [0.15, 0.2) is 0 Å². The van der Waals surface area contributed by atoms with Gasteiger partial charge in [-0.3, -0.25) is 19.0 Å². The van der Waals surface area contributed by atoms with Gasteiger partial charge in [-0.2, -0.15) is 0 Å². The van der Waals surface area contributed by atoms with E-state index in [1.54, 1.807) is 20.8 Å². The molecule has 0 amide bonds. The molecule has 37 heavy (non-hydrogen) atoms. The average Bonchev–Trinajstić information content (AvgIpc) is 2.81. The number of ether oxygens (including phenoxy) is 2. The number of aromatic nitrogens is 2. The molecule has 0 N–H and O–H groups in total. The second-order valence-electron chi connectivity index (χ2n) is 8.06. The molecule has 1 heterocycles. The van der Waals surface area contributed by atoms with Crippen molar-refractivity contribution < 1.29 is 36.6 Å². The Hall–Kier alpha value is -2.80. The van der Waals surface area contributed by atoms with Crippen LogP contribution in [0.25, 0.3) is 5.69 Å². The standard InChI is InChI=1S/C23H25ClF4N2O6S/c1-5-35-18(32)6-7-36-22(33)20(11(2)3)37-16-9-14(13(25)8-12(16)24)30-17(31)10-15(19(26)21(27)28)29(4)23(30)34/h8-11,19-21H,5-7H2,1-4H3. The van der Waals surface area contributed by atoms with Gasteiger partial charge in [0, 0.05) is 18.0 Å². The highest BCUT2D eigenvalue weighted by molar-refractivity contribution is 8.00. The molecule has 8 nitrogen and oxygen atoms in total. The maximum atomic E-state index is 14.8. The summed E-state index contributed by atoms with van der Waals surface area (Å²) in [6.07, 6.45) is -6.53. The summed E-state index contributed by atoms with van der Waals surface area (Å²) in [5.74, 6) is -2.65. The van der Waals surface area contributed by atoms with Crippen molar-refractivity contribution >= 4 is 35.3 Å². The zero-order chi connectivity index (χ0) is 28.0. The van der Waals surface area contributed by atoms with E-state index in [2.05, 4.69) is 0 Å². The molecule has 0 aliphatic carbocycles. The maximum absolute atomic E-state index is 14.8. The Bertz CT molecular complexity index is 1270. The molecule has 0 aliphatic rings. The van der Waals surface area contributed by atoms with E-state index in [1.165, 1.54) is 0 Å². The third kappa shape index (κ3) is 7.37. The summed E-state index contributed by atoms with van der Waals surface area (Å²) in [4.78, 5) is 49.5. The Labute approximate surface area is 218 Å². The van der Waals surface area contributed by atoms with Crippen LogP contribution < -0.4 is 11.2 Å². The van der Waals surface area contributed by atoms with Crippen LogP contribution in [-0.4, -0.2) is 46.0 Å². The van der Waals surface area contributed by atoms with Gasteiger partial charge in [0.2, 0.25) is 6.17 Å². The van der Waals surface area contributed by atoms with E-state index >= 15 is 0 Å². The number of benzene rings is 1. The fraction of sp³-hybridized carbons (Fsp3) is 0.478. The lowest BCUT2D eigenvalue weighted by Crippen LogP contribution is -2.40. The molecule has 1 aromatic carbocycles. The monoisotopic (exact) mass is 568 g/mol. The molecule has 2 atom stereocenters. The lowest BCUT2D eigenvalue weighted by Gasteiger charge is -2.20. The van der Waals surface area contributed by atoms with Crippen LogP contribution in [0.4, 0.5) is 17.6 Å².